The first-order valence-corrected chi connectivity index (χ1v) is 18.8. The fourth-order valence-electron chi connectivity index (χ4n) is 4.69. The van der Waals surface area contributed by atoms with Gasteiger partial charge in [-0.15, -0.1) is 0 Å². The molecule has 2 atom stereocenters. The molecular weight excluding hydrogens is 655 g/mol. The molecule has 48 heavy (non-hydrogen) atoms. The molecule has 2 heterocycles. The van der Waals surface area contributed by atoms with Crippen LogP contribution in [0.3, 0.4) is 0 Å². The third-order valence-electron chi connectivity index (χ3n) is 6.96. The fourth-order valence-corrected chi connectivity index (χ4v) is 5.44. The van der Waals surface area contributed by atoms with Gasteiger partial charge in [-0.1, -0.05) is 31.8 Å². The average molecular weight is 698 g/mol. The third kappa shape index (κ3) is 10.6. The lowest BCUT2D eigenvalue weighted by Gasteiger charge is -2.31. The number of alkyl carbamates (subject to hydrolysis) is 1. The molecule has 3 rings (SSSR count). The number of fused-ring (bicyclic) bond motifs is 4. The van der Waals surface area contributed by atoms with Crippen LogP contribution < -0.4 is 15.5 Å². The van der Waals surface area contributed by atoms with E-state index >= 15 is 0 Å². The van der Waals surface area contributed by atoms with Crippen molar-refractivity contribution in [3.63, 3.8) is 0 Å². The molecule has 0 spiro atoms. The van der Waals surface area contributed by atoms with Crippen molar-refractivity contribution in [2.24, 2.45) is 0 Å². The summed E-state index contributed by atoms with van der Waals surface area (Å²) in [6.07, 6.45) is -3.38. The van der Waals surface area contributed by atoms with Gasteiger partial charge in [0.1, 0.15) is 24.2 Å². The van der Waals surface area contributed by atoms with Crippen LogP contribution in [0.1, 0.15) is 45.5 Å². The Labute approximate surface area is 277 Å². The SMILES string of the molecule is COC(=O)Nc1ccc2c(c1)N(C(=O)C(F)(F)F)[C@@H](C(=O)O)C/C=C\C[C@H](NC(=O)OC(C)(C)C)c1nc-2cn1COCC[Si](C)(C)C. The maximum Gasteiger partial charge on any atom is 0.471 e. The van der Waals surface area contributed by atoms with Crippen molar-refractivity contribution in [3.05, 3.63) is 42.4 Å². The highest BCUT2D eigenvalue weighted by molar-refractivity contribution is 6.76. The summed E-state index contributed by atoms with van der Waals surface area (Å²) >= 11 is 0. The van der Waals surface area contributed by atoms with Crippen LogP contribution in [0.15, 0.2) is 36.5 Å². The minimum atomic E-state index is -5.46. The molecule has 2 aromatic rings. The summed E-state index contributed by atoms with van der Waals surface area (Å²) in [4.78, 5) is 55.2. The smallest absolute Gasteiger partial charge is 0.471 e. The second-order valence-electron chi connectivity index (χ2n) is 13.3. The van der Waals surface area contributed by atoms with E-state index in [0.29, 0.717) is 6.61 Å². The fraction of sp³-hybridized carbons (Fsp3) is 0.516. The molecule has 2 bridgehead atoms. The van der Waals surface area contributed by atoms with E-state index in [2.05, 4.69) is 40.0 Å². The Hall–Kier alpha value is -4.38. The number of nitrogens with zero attached hydrogens (tertiary/aromatic N) is 3. The molecule has 3 amide bonds. The molecule has 0 aliphatic carbocycles. The summed E-state index contributed by atoms with van der Waals surface area (Å²) in [6, 6.07) is 1.66. The quantitative estimate of drug-likeness (QED) is 0.163. The van der Waals surface area contributed by atoms with Crippen LogP contribution in [-0.4, -0.2) is 78.3 Å². The number of carboxylic acids is 1. The number of carbonyl (C=O) groups is 4. The normalized spacial score (nSPS) is 17.7. The zero-order valence-electron chi connectivity index (χ0n) is 27.9. The highest BCUT2D eigenvalue weighted by Crippen LogP contribution is 2.38. The molecule has 1 aromatic carbocycles. The van der Waals surface area contributed by atoms with E-state index in [0.717, 1.165) is 19.2 Å². The maximum atomic E-state index is 14.1. The number of hydrogen-bond donors (Lipinski definition) is 3. The molecule has 0 radical (unpaired) electrons. The van der Waals surface area contributed by atoms with Crippen molar-refractivity contribution in [1.82, 2.24) is 14.9 Å². The van der Waals surface area contributed by atoms with Crippen molar-refractivity contribution in [2.75, 3.05) is 23.9 Å². The molecule has 0 saturated carbocycles. The lowest BCUT2D eigenvalue weighted by Crippen LogP contribution is -2.51. The Bertz CT molecular complexity index is 1530. The summed E-state index contributed by atoms with van der Waals surface area (Å²) in [7, 11) is -0.384. The van der Waals surface area contributed by atoms with Crippen molar-refractivity contribution in [3.8, 4) is 11.3 Å². The van der Waals surface area contributed by atoms with Gasteiger partial charge in [0, 0.05) is 32.1 Å². The third-order valence-corrected chi connectivity index (χ3v) is 8.66. The zero-order valence-corrected chi connectivity index (χ0v) is 28.9. The standard InChI is InChI=1S/C31H42F3N5O8Si/c1-30(2,3)47-29(44)37-21-10-8-9-11-23(26(40)41)39(27(42)31(32,33)34)24-16-19(35-28(43)45-4)12-13-20(24)22-17-38(25(21)36-22)18-46-14-15-48(5,6)7/h8-9,12-13,16-17,21,23H,10-11,14-15,18H2,1-7H3,(H,35,43)(H,37,44)(H,40,41)/b9-8-/t21-,23+/m0/s1. The first kappa shape index (κ1) is 38.1. The topological polar surface area (TPSA) is 161 Å². The molecule has 0 fully saturated rings. The van der Waals surface area contributed by atoms with Crippen LogP contribution in [-0.2, 0) is 30.5 Å². The number of benzene rings is 1. The Morgan fingerprint density at radius 2 is 1.73 bits per heavy atom. The lowest BCUT2D eigenvalue weighted by atomic mass is 10.0. The number of carbonyl (C=O) groups excluding carboxylic acids is 3. The van der Waals surface area contributed by atoms with E-state index in [-0.39, 0.29) is 40.8 Å². The van der Waals surface area contributed by atoms with Crippen LogP contribution in [0.5, 0.6) is 0 Å². The molecular formula is C31H42F3N5O8Si. The van der Waals surface area contributed by atoms with E-state index in [1.54, 1.807) is 25.3 Å². The Morgan fingerprint density at radius 3 is 2.31 bits per heavy atom. The number of halogens is 3. The molecule has 13 nitrogen and oxygen atoms in total. The number of rotatable bonds is 8. The molecule has 1 aliphatic heterocycles. The van der Waals surface area contributed by atoms with E-state index in [9.17, 15) is 37.5 Å². The summed E-state index contributed by atoms with van der Waals surface area (Å²) in [5, 5.41) is 15.2. The Morgan fingerprint density at radius 1 is 1.06 bits per heavy atom. The molecule has 17 heteroatoms. The van der Waals surface area contributed by atoms with Crippen molar-refractivity contribution in [2.45, 2.75) is 89.9 Å². The number of aromatic nitrogens is 2. The van der Waals surface area contributed by atoms with Gasteiger partial charge in [-0.2, -0.15) is 13.2 Å². The minimum Gasteiger partial charge on any atom is -0.480 e. The molecule has 1 aromatic heterocycles. The average Bonchev–Trinajstić information content (AvgIpc) is 3.37. The van der Waals surface area contributed by atoms with Crippen LogP contribution in [0.25, 0.3) is 11.3 Å². The first-order chi connectivity index (χ1) is 22.2. The van der Waals surface area contributed by atoms with Crippen molar-refractivity contribution in [1.29, 1.82) is 0 Å². The number of imidazole rings is 1. The second-order valence-corrected chi connectivity index (χ2v) is 18.9. The lowest BCUT2D eigenvalue weighted by molar-refractivity contribution is -0.171. The first-order valence-electron chi connectivity index (χ1n) is 15.1. The largest absolute Gasteiger partial charge is 0.480 e. The van der Waals surface area contributed by atoms with Crippen LogP contribution >= 0.6 is 0 Å². The second kappa shape index (κ2) is 15.2. The van der Waals surface area contributed by atoms with Gasteiger partial charge in [-0.25, -0.2) is 19.4 Å². The van der Waals surface area contributed by atoms with Gasteiger partial charge in [-0.3, -0.25) is 15.0 Å². The Balaban J connectivity index is 2.30. The van der Waals surface area contributed by atoms with Gasteiger partial charge in [0.15, 0.2) is 0 Å². The minimum absolute atomic E-state index is 0.0384. The maximum absolute atomic E-state index is 14.1. The number of anilines is 2. The van der Waals surface area contributed by atoms with Crippen molar-refractivity contribution < 1.29 is 51.7 Å². The van der Waals surface area contributed by atoms with E-state index in [1.807, 2.05) is 0 Å². The summed E-state index contributed by atoms with van der Waals surface area (Å²) in [6.45, 7) is 12.0. The van der Waals surface area contributed by atoms with Gasteiger partial charge in [0.05, 0.1) is 24.5 Å². The number of hydrogen-bond acceptors (Lipinski definition) is 8. The van der Waals surface area contributed by atoms with Crippen LogP contribution in [0.2, 0.25) is 25.7 Å². The highest BCUT2D eigenvalue weighted by Gasteiger charge is 2.47. The Kier molecular flexibility index (Phi) is 12.1. The molecule has 264 valence electrons. The van der Waals surface area contributed by atoms with E-state index < -0.39 is 68.1 Å². The molecule has 0 unspecified atom stereocenters. The van der Waals surface area contributed by atoms with Gasteiger partial charge < -0.3 is 29.2 Å². The van der Waals surface area contributed by atoms with Gasteiger partial charge >= 0.3 is 30.2 Å². The van der Waals surface area contributed by atoms with Crippen molar-refractivity contribution >= 4 is 43.5 Å². The zero-order chi connectivity index (χ0) is 36.0. The summed E-state index contributed by atoms with van der Waals surface area (Å²) < 4.78 is 59.8. The van der Waals surface area contributed by atoms with Crippen LogP contribution in [0.4, 0.5) is 34.1 Å². The number of ether oxygens (including phenoxy) is 3. The number of nitrogens with one attached hydrogen (secondary N) is 2. The number of methoxy groups -OCH3 is 1. The van der Waals surface area contributed by atoms with Gasteiger partial charge in [-0.05, 0) is 57.9 Å². The number of amides is 3. The highest BCUT2D eigenvalue weighted by atomic mass is 28.3. The number of carboxylic acid groups (broad SMARTS) is 1. The summed E-state index contributed by atoms with van der Waals surface area (Å²) in [5.74, 6) is -3.88. The number of aliphatic carboxylic acids is 1. The summed E-state index contributed by atoms with van der Waals surface area (Å²) in [5.41, 5.74) is -1.41. The predicted octanol–water partition coefficient (Wildman–Crippen LogP) is 6.31. The molecule has 3 N–H and O–H groups in total. The molecule has 1 aliphatic rings. The number of alkyl halides is 3. The van der Waals surface area contributed by atoms with E-state index in [1.165, 1.54) is 30.5 Å². The monoisotopic (exact) mass is 697 g/mol. The predicted molar refractivity (Wildman–Crippen MR) is 173 cm³/mol. The van der Waals surface area contributed by atoms with E-state index in [4.69, 9.17) is 9.47 Å². The van der Waals surface area contributed by atoms with Crippen LogP contribution in [0, 0.1) is 0 Å². The van der Waals surface area contributed by atoms with Gasteiger partial charge in [0.2, 0.25) is 0 Å². The molecule has 0 saturated heterocycles. The van der Waals surface area contributed by atoms with Gasteiger partial charge in [0.25, 0.3) is 0 Å².